The Bertz CT molecular complexity index is 1240. The van der Waals surface area contributed by atoms with Gasteiger partial charge >= 0.3 is 12.3 Å². The molecule has 0 saturated heterocycles. The smallest absolute Gasteiger partial charge is 0.482 e. The number of fused-ring (bicyclic) bond motifs is 1. The number of hydrogen-bond donors (Lipinski definition) is 1. The number of halogens is 3. The van der Waals surface area contributed by atoms with Gasteiger partial charge in [-0.25, -0.2) is 4.79 Å². The second-order valence-corrected chi connectivity index (χ2v) is 10.1. The van der Waals surface area contributed by atoms with Gasteiger partial charge in [0, 0.05) is 17.4 Å². The van der Waals surface area contributed by atoms with E-state index in [9.17, 15) is 18.0 Å². The Morgan fingerprint density at radius 1 is 1.08 bits per heavy atom. The van der Waals surface area contributed by atoms with Gasteiger partial charge in [-0.3, -0.25) is 0 Å². The minimum Gasteiger partial charge on any atom is -0.482 e. The van der Waals surface area contributed by atoms with Crippen LogP contribution in [0.1, 0.15) is 30.9 Å². The number of benzene rings is 3. The first-order chi connectivity index (χ1) is 17.0. The van der Waals surface area contributed by atoms with E-state index in [4.69, 9.17) is 9.84 Å². The molecular formula is C27H26F3NO4S. The van der Waals surface area contributed by atoms with Gasteiger partial charge in [-0.05, 0) is 89.5 Å². The minimum atomic E-state index is -4.72. The quantitative estimate of drug-likeness (QED) is 0.317. The number of carboxylic acids is 1. The summed E-state index contributed by atoms with van der Waals surface area (Å²) in [4.78, 5) is 11.8. The minimum absolute atomic E-state index is 0.246. The van der Waals surface area contributed by atoms with E-state index in [1.54, 1.807) is 30.1 Å². The highest BCUT2D eigenvalue weighted by molar-refractivity contribution is 8.00. The highest BCUT2D eigenvalue weighted by Gasteiger charge is 2.32. The predicted molar refractivity (Wildman–Crippen MR) is 134 cm³/mol. The van der Waals surface area contributed by atoms with Crippen molar-refractivity contribution in [3.63, 3.8) is 0 Å². The lowest BCUT2D eigenvalue weighted by molar-refractivity contribution is -0.274. The van der Waals surface area contributed by atoms with E-state index < -0.39 is 12.3 Å². The number of nitrogens with zero attached hydrogens (tertiary/aromatic N) is 1. The SMILES string of the molecule is Cc1cc(SN2CC(C(C)C)c3cc(-c4ccc(OC(F)(F)F)cc4)ccc32)ccc1OCC(=O)O. The maximum atomic E-state index is 12.5. The highest BCUT2D eigenvalue weighted by atomic mass is 32.2. The average Bonchev–Trinajstić information content (AvgIpc) is 3.16. The molecule has 1 N–H and O–H groups in total. The van der Waals surface area contributed by atoms with E-state index in [2.05, 4.69) is 35.0 Å². The Hall–Kier alpha value is -3.33. The molecule has 3 aromatic rings. The average molecular weight is 518 g/mol. The molecule has 9 heteroatoms. The molecule has 36 heavy (non-hydrogen) atoms. The Labute approximate surface area is 212 Å². The summed E-state index contributed by atoms with van der Waals surface area (Å²) >= 11 is 1.61. The summed E-state index contributed by atoms with van der Waals surface area (Å²) < 4.78 is 49.0. The van der Waals surface area contributed by atoms with Gasteiger partial charge in [0.2, 0.25) is 0 Å². The van der Waals surface area contributed by atoms with Crippen LogP contribution in [0.4, 0.5) is 18.9 Å². The molecule has 1 atom stereocenters. The number of rotatable bonds is 8. The standard InChI is InChI=1S/C27H26F3NO4S/c1-16(2)23-14-31(36-21-9-11-25(17(3)12-21)34-15-26(32)33)24-10-6-19(13-22(23)24)18-4-7-20(8-5-18)35-27(28,29)30/h4-13,16,23H,14-15H2,1-3H3,(H,32,33). The van der Waals surface area contributed by atoms with E-state index in [0.717, 1.165) is 33.8 Å². The van der Waals surface area contributed by atoms with E-state index in [1.807, 2.05) is 25.1 Å². The Kier molecular flexibility index (Phi) is 7.40. The third kappa shape index (κ3) is 6.07. The molecule has 1 aliphatic rings. The molecule has 0 saturated carbocycles. The maximum absolute atomic E-state index is 12.5. The number of aryl methyl sites for hydroxylation is 1. The molecule has 3 aromatic carbocycles. The van der Waals surface area contributed by atoms with E-state index >= 15 is 0 Å². The zero-order valence-corrected chi connectivity index (χ0v) is 20.8. The second-order valence-electron chi connectivity index (χ2n) is 8.96. The molecule has 0 fully saturated rings. The third-order valence-electron chi connectivity index (χ3n) is 6.00. The van der Waals surface area contributed by atoms with Crippen LogP contribution in [-0.4, -0.2) is 30.6 Å². The number of alkyl halides is 3. The molecule has 4 rings (SSSR count). The zero-order chi connectivity index (χ0) is 26.0. The van der Waals surface area contributed by atoms with E-state index in [1.165, 1.54) is 17.7 Å². The van der Waals surface area contributed by atoms with Gasteiger partial charge in [-0.1, -0.05) is 32.0 Å². The van der Waals surface area contributed by atoms with Gasteiger partial charge in [-0.2, -0.15) is 0 Å². The molecule has 0 bridgehead atoms. The maximum Gasteiger partial charge on any atom is 0.573 e. The Morgan fingerprint density at radius 3 is 2.39 bits per heavy atom. The highest BCUT2D eigenvalue weighted by Crippen LogP contribution is 2.46. The van der Waals surface area contributed by atoms with Gasteiger partial charge in [0.15, 0.2) is 6.61 Å². The zero-order valence-electron chi connectivity index (χ0n) is 20.0. The van der Waals surface area contributed by atoms with Gasteiger partial charge in [0.1, 0.15) is 11.5 Å². The van der Waals surface area contributed by atoms with Crippen molar-refractivity contribution in [2.45, 2.75) is 37.9 Å². The third-order valence-corrected chi connectivity index (χ3v) is 7.03. The molecule has 0 amide bonds. The largest absolute Gasteiger partial charge is 0.573 e. The van der Waals surface area contributed by atoms with Gasteiger partial charge < -0.3 is 18.9 Å². The molecule has 190 valence electrons. The van der Waals surface area contributed by atoms with Crippen molar-refractivity contribution in [3.05, 3.63) is 71.8 Å². The topological polar surface area (TPSA) is 59.0 Å². The van der Waals surface area contributed by atoms with Crippen LogP contribution < -0.4 is 13.8 Å². The predicted octanol–water partition coefficient (Wildman–Crippen LogP) is 7.29. The summed E-state index contributed by atoms with van der Waals surface area (Å²) in [5.74, 6) is -0.0453. The monoisotopic (exact) mass is 517 g/mol. The fourth-order valence-corrected chi connectivity index (χ4v) is 5.36. The molecule has 1 aliphatic heterocycles. The van der Waals surface area contributed by atoms with Crippen LogP contribution in [0.5, 0.6) is 11.5 Å². The van der Waals surface area contributed by atoms with Crippen molar-refractivity contribution in [1.29, 1.82) is 0 Å². The number of hydrogen-bond acceptors (Lipinski definition) is 5. The first-order valence-electron chi connectivity index (χ1n) is 11.4. The molecule has 1 unspecified atom stereocenters. The Balaban J connectivity index is 1.56. The molecule has 0 aliphatic carbocycles. The normalized spacial score (nSPS) is 15.2. The summed E-state index contributed by atoms with van der Waals surface area (Å²) in [5.41, 5.74) is 4.90. The molecule has 0 aromatic heterocycles. The second kappa shape index (κ2) is 10.3. The van der Waals surface area contributed by atoms with Crippen LogP contribution in [-0.2, 0) is 4.79 Å². The molecule has 0 radical (unpaired) electrons. The lowest BCUT2D eigenvalue weighted by atomic mass is 9.88. The van der Waals surface area contributed by atoms with Gasteiger partial charge in [0.05, 0.1) is 5.69 Å². The first kappa shape index (κ1) is 25.8. The van der Waals surface area contributed by atoms with E-state index in [0.29, 0.717) is 17.6 Å². The summed E-state index contributed by atoms with van der Waals surface area (Å²) in [6.45, 7) is 6.67. The lowest BCUT2D eigenvalue weighted by Gasteiger charge is -2.20. The number of aliphatic carboxylic acids is 1. The van der Waals surface area contributed by atoms with Crippen molar-refractivity contribution in [2.75, 3.05) is 17.5 Å². The molecule has 1 heterocycles. The fraction of sp³-hybridized carbons (Fsp3) is 0.296. The van der Waals surface area contributed by atoms with Crippen LogP contribution in [0.2, 0.25) is 0 Å². The van der Waals surface area contributed by atoms with Gasteiger partial charge in [-0.15, -0.1) is 13.2 Å². The number of anilines is 1. The van der Waals surface area contributed by atoms with E-state index in [-0.39, 0.29) is 12.4 Å². The van der Waals surface area contributed by atoms with Crippen molar-refractivity contribution in [1.82, 2.24) is 0 Å². The van der Waals surface area contributed by atoms with Crippen LogP contribution in [0, 0.1) is 12.8 Å². The summed E-state index contributed by atoms with van der Waals surface area (Å²) in [6, 6.07) is 17.7. The summed E-state index contributed by atoms with van der Waals surface area (Å²) in [5, 5.41) is 8.84. The first-order valence-corrected chi connectivity index (χ1v) is 12.2. The van der Waals surface area contributed by atoms with Crippen molar-refractivity contribution < 1.29 is 32.5 Å². The number of ether oxygens (including phenoxy) is 2. The fourth-order valence-electron chi connectivity index (χ4n) is 4.25. The molecule has 0 spiro atoms. The Morgan fingerprint density at radius 2 is 1.78 bits per heavy atom. The number of carbonyl (C=O) groups is 1. The van der Waals surface area contributed by atoms with Crippen LogP contribution in [0.3, 0.4) is 0 Å². The van der Waals surface area contributed by atoms with Crippen molar-refractivity contribution in [2.24, 2.45) is 5.92 Å². The summed E-state index contributed by atoms with van der Waals surface area (Å²) in [6.07, 6.45) is -4.72. The van der Waals surface area contributed by atoms with Crippen LogP contribution in [0.25, 0.3) is 11.1 Å². The molecule has 5 nitrogen and oxygen atoms in total. The summed E-state index contributed by atoms with van der Waals surface area (Å²) in [7, 11) is 0. The van der Waals surface area contributed by atoms with Gasteiger partial charge in [0.25, 0.3) is 0 Å². The van der Waals surface area contributed by atoms with Crippen molar-refractivity contribution >= 4 is 23.6 Å². The number of carboxylic acid groups (broad SMARTS) is 1. The molecular weight excluding hydrogens is 491 g/mol. The lowest BCUT2D eigenvalue weighted by Crippen LogP contribution is -2.16. The van der Waals surface area contributed by atoms with Crippen molar-refractivity contribution in [3.8, 4) is 22.6 Å². The van der Waals surface area contributed by atoms with Crippen LogP contribution >= 0.6 is 11.9 Å². The van der Waals surface area contributed by atoms with Crippen LogP contribution in [0.15, 0.2) is 65.6 Å².